The van der Waals surface area contributed by atoms with Crippen LogP contribution >= 0.6 is 0 Å². The van der Waals surface area contributed by atoms with Crippen LogP contribution in [-0.2, 0) is 6.54 Å². The highest BCUT2D eigenvalue weighted by atomic mass is 16.3. The molecule has 1 aromatic rings. The van der Waals surface area contributed by atoms with Crippen molar-refractivity contribution in [2.24, 2.45) is 11.8 Å². The van der Waals surface area contributed by atoms with E-state index >= 15 is 0 Å². The second kappa shape index (κ2) is 3.67. The second-order valence-corrected chi connectivity index (χ2v) is 5.19. The van der Waals surface area contributed by atoms with Crippen LogP contribution in [0.1, 0.15) is 37.0 Å². The summed E-state index contributed by atoms with van der Waals surface area (Å²) in [6, 6.07) is 2.80. The minimum atomic E-state index is 0.758. The van der Waals surface area contributed by atoms with Gasteiger partial charge in [0.2, 0.25) is 0 Å². The molecule has 2 bridgehead atoms. The smallest absolute Gasteiger partial charge is 0.120 e. The zero-order valence-electron chi connectivity index (χ0n) is 9.33. The molecular weight excluding hydrogens is 186 g/mol. The largest absolute Gasteiger partial charge is 0.468 e. The topological polar surface area (TPSA) is 25.2 Å². The molecule has 2 aliphatic carbocycles. The lowest BCUT2D eigenvalue weighted by Gasteiger charge is -2.22. The van der Waals surface area contributed by atoms with Gasteiger partial charge < -0.3 is 9.73 Å². The van der Waals surface area contributed by atoms with Gasteiger partial charge in [0.1, 0.15) is 5.76 Å². The minimum absolute atomic E-state index is 0.758. The van der Waals surface area contributed by atoms with Crippen LogP contribution in [0.2, 0.25) is 0 Å². The molecule has 1 aromatic heterocycles. The maximum absolute atomic E-state index is 5.44. The summed E-state index contributed by atoms with van der Waals surface area (Å²) in [5, 5.41) is 3.66. The number of hydrogen-bond acceptors (Lipinski definition) is 2. The summed E-state index contributed by atoms with van der Waals surface area (Å²) in [6.07, 6.45) is 7.56. The number of nitrogens with one attached hydrogen (secondary N) is 1. The molecular formula is C13H19NO. The zero-order valence-corrected chi connectivity index (χ0v) is 9.33. The van der Waals surface area contributed by atoms with E-state index in [9.17, 15) is 0 Å². The lowest BCUT2D eigenvalue weighted by atomic mass is 9.95. The van der Waals surface area contributed by atoms with Crippen molar-refractivity contribution in [3.05, 3.63) is 23.7 Å². The monoisotopic (exact) mass is 205 g/mol. The van der Waals surface area contributed by atoms with Crippen LogP contribution in [0.3, 0.4) is 0 Å². The van der Waals surface area contributed by atoms with Gasteiger partial charge in [-0.1, -0.05) is 6.42 Å². The molecule has 3 atom stereocenters. The number of aryl methyl sites for hydroxylation is 1. The summed E-state index contributed by atoms with van der Waals surface area (Å²) in [5.41, 5.74) is 1.27. The Morgan fingerprint density at radius 2 is 2.33 bits per heavy atom. The average molecular weight is 205 g/mol. The minimum Gasteiger partial charge on any atom is -0.468 e. The lowest BCUT2D eigenvalue weighted by molar-refractivity contribution is 0.337. The molecule has 2 heteroatoms. The Hall–Kier alpha value is -0.760. The molecule has 2 aliphatic rings. The quantitative estimate of drug-likeness (QED) is 0.820. The predicted octanol–water partition coefficient (Wildman–Crippen LogP) is 2.87. The van der Waals surface area contributed by atoms with Crippen LogP contribution in [0.5, 0.6) is 0 Å². The van der Waals surface area contributed by atoms with Crippen LogP contribution in [0.25, 0.3) is 0 Å². The van der Waals surface area contributed by atoms with Crippen molar-refractivity contribution >= 4 is 0 Å². The molecule has 1 N–H and O–H groups in total. The third kappa shape index (κ3) is 1.71. The van der Waals surface area contributed by atoms with E-state index in [0.717, 1.165) is 30.2 Å². The first kappa shape index (κ1) is 9.46. The first-order valence-corrected chi connectivity index (χ1v) is 6.09. The van der Waals surface area contributed by atoms with Gasteiger partial charge in [-0.25, -0.2) is 0 Å². The van der Waals surface area contributed by atoms with E-state index in [4.69, 9.17) is 4.42 Å². The first-order valence-electron chi connectivity index (χ1n) is 6.09. The van der Waals surface area contributed by atoms with Crippen molar-refractivity contribution in [1.82, 2.24) is 5.32 Å². The Morgan fingerprint density at radius 3 is 2.93 bits per heavy atom. The number of furan rings is 1. The van der Waals surface area contributed by atoms with Crippen LogP contribution in [0, 0.1) is 18.8 Å². The van der Waals surface area contributed by atoms with Gasteiger partial charge in [0.25, 0.3) is 0 Å². The van der Waals surface area contributed by atoms with E-state index in [1.165, 1.54) is 31.2 Å². The van der Waals surface area contributed by atoms with Gasteiger partial charge in [0.05, 0.1) is 12.8 Å². The third-order valence-electron chi connectivity index (χ3n) is 4.23. The van der Waals surface area contributed by atoms with Crippen LogP contribution in [0.15, 0.2) is 16.7 Å². The molecule has 15 heavy (non-hydrogen) atoms. The van der Waals surface area contributed by atoms with E-state index in [0.29, 0.717) is 0 Å². The molecule has 0 radical (unpaired) electrons. The van der Waals surface area contributed by atoms with Gasteiger partial charge in [-0.15, -0.1) is 0 Å². The Kier molecular flexibility index (Phi) is 2.32. The Balaban J connectivity index is 1.57. The average Bonchev–Trinajstić information content (AvgIpc) is 2.90. The fourth-order valence-electron chi connectivity index (χ4n) is 3.30. The SMILES string of the molecule is Cc1ccoc1CNC1CC2CCC1C2. The summed E-state index contributed by atoms with van der Waals surface area (Å²) >= 11 is 0. The number of hydrogen-bond donors (Lipinski definition) is 1. The predicted molar refractivity (Wildman–Crippen MR) is 59.5 cm³/mol. The summed E-state index contributed by atoms with van der Waals surface area (Å²) in [7, 11) is 0. The van der Waals surface area contributed by atoms with Gasteiger partial charge in [-0.05, 0) is 49.7 Å². The molecule has 0 spiro atoms. The van der Waals surface area contributed by atoms with Gasteiger partial charge in [-0.2, -0.15) is 0 Å². The lowest BCUT2D eigenvalue weighted by Crippen LogP contribution is -2.33. The first-order chi connectivity index (χ1) is 7.33. The number of fused-ring (bicyclic) bond motifs is 2. The summed E-state index contributed by atoms with van der Waals surface area (Å²) in [4.78, 5) is 0. The van der Waals surface area contributed by atoms with Crippen molar-refractivity contribution in [3.63, 3.8) is 0 Å². The Morgan fingerprint density at radius 1 is 1.40 bits per heavy atom. The van der Waals surface area contributed by atoms with Gasteiger partial charge in [0, 0.05) is 6.04 Å². The van der Waals surface area contributed by atoms with E-state index < -0.39 is 0 Å². The summed E-state index contributed by atoms with van der Waals surface area (Å²) in [6.45, 7) is 3.02. The highest BCUT2D eigenvalue weighted by Gasteiger charge is 2.39. The van der Waals surface area contributed by atoms with E-state index in [-0.39, 0.29) is 0 Å². The van der Waals surface area contributed by atoms with E-state index in [1.54, 1.807) is 6.26 Å². The molecule has 0 saturated heterocycles. The van der Waals surface area contributed by atoms with Crippen molar-refractivity contribution < 1.29 is 4.42 Å². The number of rotatable bonds is 3. The fourth-order valence-corrected chi connectivity index (χ4v) is 3.30. The molecule has 1 heterocycles. The van der Waals surface area contributed by atoms with Gasteiger partial charge in [-0.3, -0.25) is 0 Å². The molecule has 0 aliphatic heterocycles. The summed E-state index contributed by atoms with van der Waals surface area (Å²) < 4.78 is 5.44. The molecule has 2 nitrogen and oxygen atoms in total. The van der Waals surface area contributed by atoms with Crippen molar-refractivity contribution in [2.75, 3.05) is 0 Å². The van der Waals surface area contributed by atoms with Gasteiger partial charge in [0.15, 0.2) is 0 Å². The normalized spacial score (nSPS) is 33.8. The van der Waals surface area contributed by atoms with E-state index in [1.807, 2.05) is 6.07 Å². The molecule has 2 saturated carbocycles. The zero-order chi connectivity index (χ0) is 10.3. The Bertz CT molecular complexity index is 344. The summed E-state index contributed by atoms with van der Waals surface area (Å²) in [5.74, 6) is 3.08. The van der Waals surface area contributed by atoms with Gasteiger partial charge >= 0.3 is 0 Å². The van der Waals surface area contributed by atoms with Crippen molar-refractivity contribution in [2.45, 2.75) is 45.2 Å². The molecule has 3 rings (SSSR count). The highest BCUT2D eigenvalue weighted by molar-refractivity contribution is 5.14. The standard InChI is InChI=1S/C13H19NO/c1-9-4-5-15-13(9)8-14-12-7-10-2-3-11(12)6-10/h4-5,10-12,14H,2-3,6-8H2,1H3. The molecule has 82 valence electrons. The Labute approximate surface area is 91.0 Å². The fraction of sp³-hybridized carbons (Fsp3) is 0.692. The molecule has 3 unspecified atom stereocenters. The maximum atomic E-state index is 5.44. The maximum Gasteiger partial charge on any atom is 0.120 e. The van der Waals surface area contributed by atoms with Crippen LogP contribution in [0.4, 0.5) is 0 Å². The van der Waals surface area contributed by atoms with Crippen LogP contribution in [-0.4, -0.2) is 6.04 Å². The third-order valence-corrected chi connectivity index (χ3v) is 4.23. The van der Waals surface area contributed by atoms with Crippen molar-refractivity contribution in [1.29, 1.82) is 0 Å². The highest BCUT2D eigenvalue weighted by Crippen LogP contribution is 2.44. The molecule has 0 aromatic carbocycles. The molecule has 2 fully saturated rings. The van der Waals surface area contributed by atoms with Crippen LogP contribution < -0.4 is 5.32 Å². The second-order valence-electron chi connectivity index (χ2n) is 5.19. The van der Waals surface area contributed by atoms with Crippen molar-refractivity contribution in [3.8, 4) is 0 Å². The molecule has 0 amide bonds. The van der Waals surface area contributed by atoms with E-state index in [2.05, 4.69) is 12.2 Å².